The van der Waals surface area contributed by atoms with Crippen LogP contribution in [0.25, 0.3) is 0 Å². The second-order valence-corrected chi connectivity index (χ2v) is 9.51. The Labute approximate surface area is 219 Å². The van der Waals surface area contributed by atoms with Crippen LogP contribution < -0.4 is 9.47 Å². The highest BCUT2D eigenvalue weighted by Gasteiger charge is 2.45. The Morgan fingerprint density at radius 3 is 1.79 bits per heavy atom. The molecule has 2 aliphatic rings. The predicted molar refractivity (Wildman–Crippen MR) is 140 cm³/mol. The SMILES string of the molecule is COc1cc([C@@H]2C=C3C=C(O)C=C(O)C3C(c3cc(O)cc(O)c3)[C@@H]2c2ccc(O)c(OC)c2)ccc1O. The monoisotopic (exact) mass is 516 g/mol. The van der Waals surface area contributed by atoms with Crippen molar-refractivity contribution in [1.29, 1.82) is 0 Å². The maximum absolute atomic E-state index is 11.1. The minimum atomic E-state index is -0.618. The smallest absolute Gasteiger partial charge is 0.160 e. The topological polar surface area (TPSA) is 140 Å². The van der Waals surface area contributed by atoms with Crippen LogP contribution >= 0.6 is 0 Å². The molecule has 38 heavy (non-hydrogen) atoms. The van der Waals surface area contributed by atoms with E-state index in [1.165, 1.54) is 50.6 Å². The number of hydrogen-bond donors (Lipinski definition) is 6. The van der Waals surface area contributed by atoms with Gasteiger partial charge in [-0.15, -0.1) is 0 Å². The molecule has 196 valence electrons. The third-order valence-electron chi connectivity index (χ3n) is 7.28. The zero-order valence-electron chi connectivity index (χ0n) is 20.7. The molecule has 2 unspecified atom stereocenters. The predicted octanol–water partition coefficient (Wildman–Crippen LogP) is 5.63. The number of methoxy groups -OCH3 is 2. The summed E-state index contributed by atoms with van der Waals surface area (Å²) in [6, 6.07) is 14.3. The number of aliphatic hydroxyl groups excluding tert-OH is 2. The summed E-state index contributed by atoms with van der Waals surface area (Å²) in [5.41, 5.74) is 2.74. The van der Waals surface area contributed by atoms with Gasteiger partial charge in [-0.1, -0.05) is 18.2 Å². The largest absolute Gasteiger partial charge is 0.512 e. The first-order valence-electron chi connectivity index (χ1n) is 12.0. The maximum Gasteiger partial charge on any atom is 0.160 e. The van der Waals surface area contributed by atoms with E-state index in [-0.39, 0.29) is 46.0 Å². The highest BCUT2D eigenvalue weighted by atomic mass is 16.5. The van der Waals surface area contributed by atoms with Crippen LogP contribution in [0.1, 0.15) is 34.4 Å². The summed E-state index contributed by atoms with van der Waals surface area (Å²) in [6.45, 7) is 0. The molecule has 0 saturated carbocycles. The van der Waals surface area contributed by atoms with E-state index >= 15 is 0 Å². The van der Waals surface area contributed by atoms with Crippen LogP contribution in [0.4, 0.5) is 0 Å². The summed E-state index contributed by atoms with van der Waals surface area (Å²) in [5.74, 6) is -1.96. The average molecular weight is 517 g/mol. The molecule has 0 heterocycles. The minimum Gasteiger partial charge on any atom is -0.512 e. The van der Waals surface area contributed by atoms with E-state index in [9.17, 15) is 30.6 Å². The van der Waals surface area contributed by atoms with Crippen molar-refractivity contribution in [3.05, 3.63) is 107 Å². The van der Waals surface area contributed by atoms with Crippen molar-refractivity contribution in [2.24, 2.45) is 5.92 Å². The van der Waals surface area contributed by atoms with Gasteiger partial charge in [0, 0.05) is 35.8 Å². The van der Waals surface area contributed by atoms with E-state index < -0.39 is 23.7 Å². The molecule has 0 aliphatic heterocycles. The Morgan fingerprint density at radius 2 is 1.18 bits per heavy atom. The van der Waals surface area contributed by atoms with E-state index in [0.29, 0.717) is 11.1 Å². The van der Waals surface area contributed by atoms with Crippen LogP contribution in [-0.2, 0) is 0 Å². The number of aromatic hydroxyl groups is 4. The highest BCUT2D eigenvalue weighted by molar-refractivity contribution is 5.55. The molecule has 3 aromatic carbocycles. The summed E-state index contributed by atoms with van der Waals surface area (Å²) in [4.78, 5) is 0. The molecule has 5 rings (SSSR count). The molecule has 0 saturated heterocycles. The molecular weight excluding hydrogens is 488 g/mol. The van der Waals surface area contributed by atoms with Gasteiger partial charge in [-0.05, 0) is 64.7 Å². The standard InChI is InChI=1S/C30H28O8/c1-37-26-11-15(3-5-23(26)34)22-10-18-9-21(33)14-25(36)29(18)30(17-7-19(31)13-20(32)8-17)28(22)16-4-6-24(35)27(12-16)38-2/h3-14,22,28-36H,1-2H3/t22-,28+,29?,30?/m0/s1. The molecule has 0 spiro atoms. The second kappa shape index (κ2) is 9.63. The van der Waals surface area contributed by atoms with E-state index in [0.717, 1.165) is 11.1 Å². The average Bonchev–Trinajstić information content (AvgIpc) is 2.87. The lowest BCUT2D eigenvalue weighted by Gasteiger charge is -2.44. The van der Waals surface area contributed by atoms with Gasteiger partial charge < -0.3 is 40.1 Å². The molecule has 6 N–H and O–H groups in total. The third kappa shape index (κ3) is 4.34. The number of ether oxygens (including phenoxy) is 2. The first-order chi connectivity index (χ1) is 18.2. The van der Waals surface area contributed by atoms with E-state index in [1.807, 2.05) is 6.08 Å². The van der Waals surface area contributed by atoms with Gasteiger partial charge in [0.25, 0.3) is 0 Å². The third-order valence-corrected chi connectivity index (χ3v) is 7.28. The molecule has 4 atom stereocenters. The number of rotatable bonds is 5. The van der Waals surface area contributed by atoms with Crippen molar-refractivity contribution < 1.29 is 40.1 Å². The van der Waals surface area contributed by atoms with Crippen LogP contribution in [0, 0.1) is 5.92 Å². The first kappa shape index (κ1) is 25.0. The summed E-state index contributed by atoms with van der Waals surface area (Å²) in [7, 11) is 2.91. The van der Waals surface area contributed by atoms with Crippen LogP contribution in [0.15, 0.2) is 89.9 Å². The molecule has 8 heteroatoms. The fourth-order valence-corrected chi connectivity index (χ4v) is 5.73. The summed E-state index contributed by atoms with van der Waals surface area (Å²) in [5, 5.41) is 62.7. The fraction of sp³-hybridized carbons (Fsp3) is 0.200. The molecule has 0 fully saturated rings. The maximum atomic E-state index is 11.1. The van der Waals surface area contributed by atoms with Gasteiger partial charge in [-0.25, -0.2) is 0 Å². The Balaban J connectivity index is 1.82. The van der Waals surface area contributed by atoms with Crippen molar-refractivity contribution in [2.45, 2.75) is 17.8 Å². The minimum absolute atomic E-state index is 0.0225. The highest BCUT2D eigenvalue weighted by Crippen LogP contribution is 2.57. The van der Waals surface area contributed by atoms with Gasteiger partial charge in [0.1, 0.15) is 23.0 Å². The van der Waals surface area contributed by atoms with Gasteiger partial charge in [-0.2, -0.15) is 0 Å². The molecule has 8 nitrogen and oxygen atoms in total. The van der Waals surface area contributed by atoms with Crippen molar-refractivity contribution in [1.82, 2.24) is 0 Å². The molecule has 0 radical (unpaired) electrons. The van der Waals surface area contributed by atoms with Crippen LogP contribution in [0.2, 0.25) is 0 Å². The molecular formula is C30H28O8. The normalized spacial score (nSPS) is 22.5. The van der Waals surface area contributed by atoms with Crippen LogP contribution in [0.5, 0.6) is 34.5 Å². The number of phenols is 4. The molecule has 0 aromatic heterocycles. The number of benzene rings is 3. The molecule has 0 bridgehead atoms. The first-order valence-corrected chi connectivity index (χ1v) is 12.0. The van der Waals surface area contributed by atoms with Gasteiger partial charge >= 0.3 is 0 Å². The lowest BCUT2D eigenvalue weighted by Crippen LogP contribution is -2.32. The number of phenolic OH excluding ortho intramolecular Hbond substituents is 4. The van der Waals surface area contributed by atoms with Gasteiger partial charge in [0.15, 0.2) is 23.0 Å². The van der Waals surface area contributed by atoms with Crippen molar-refractivity contribution >= 4 is 0 Å². The Hall–Kier alpha value is -4.72. The molecule has 0 amide bonds. The summed E-state index contributed by atoms with van der Waals surface area (Å²) < 4.78 is 10.8. The quantitative estimate of drug-likeness (QED) is 0.256. The number of allylic oxidation sites excluding steroid dienone is 4. The lowest BCUT2D eigenvalue weighted by molar-refractivity contribution is 0.278. The van der Waals surface area contributed by atoms with E-state index in [4.69, 9.17) is 9.47 Å². The van der Waals surface area contributed by atoms with E-state index in [2.05, 4.69) is 0 Å². The Bertz CT molecular complexity index is 1470. The van der Waals surface area contributed by atoms with Gasteiger partial charge in [0.2, 0.25) is 0 Å². The van der Waals surface area contributed by atoms with Crippen molar-refractivity contribution in [2.75, 3.05) is 14.2 Å². The molecule has 3 aromatic rings. The van der Waals surface area contributed by atoms with E-state index in [1.54, 1.807) is 30.3 Å². The van der Waals surface area contributed by atoms with Gasteiger partial charge in [0.05, 0.1) is 14.2 Å². The van der Waals surface area contributed by atoms with Crippen LogP contribution in [0.3, 0.4) is 0 Å². The summed E-state index contributed by atoms with van der Waals surface area (Å²) >= 11 is 0. The van der Waals surface area contributed by atoms with Crippen molar-refractivity contribution in [3.8, 4) is 34.5 Å². The van der Waals surface area contributed by atoms with Crippen molar-refractivity contribution in [3.63, 3.8) is 0 Å². The Kier molecular flexibility index (Phi) is 6.32. The zero-order chi connectivity index (χ0) is 27.1. The number of fused-ring (bicyclic) bond motifs is 1. The molecule has 2 aliphatic carbocycles. The van der Waals surface area contributed by atoms with Crippen LogP contribution in [-0.4, -0.2) is 44.9 Å². The fourth-order valence-electron chi connectivity index (χ4n) is 5.73. The summed E-state index contributed by atoms with van der Waals surface area (Å²) in [6.07, 6.45) is 4.81. The lowest BCUT2D eigenvalue weighted by atomic mass is 9.60. The number of hydrogen-bond acceptors (Lipinski definition) is 8. The van der Waals surface area contributed by atoms with Gasteiger partial charge in [-0.3, -0.25) is 0 Å². The zero-order valence-corrected chi connectivity index (χ0v) is 20.7. The Morgan fingerprint density at radius 1 is 0.605 bits per heavy atom. The second-order valence-electron chi connectivity index (χ2n) is 9.51. The number of aliphatic hydroxyl groups is 2.